The molecule has 0 aliphatic rings. The molecule has 1 amide bonds. The fourth-order valence-electron chi connectivity index (χ4n) is 3.44. The number of hydrogen-bond donors (Lipinski definition) is 1. The normalized spacial score (nSPS) is 11.1. The molecule has 2 aromatic heterocycles. The van der Waals surface area contributed by atoms with Gasteiger partial charge in [0.25, 0.3) is 0 Å². The predicted octanol–water partition coefficient (Wildman–Crippen LogP) is 4.73. The Balaban J connectivity index is 1.27. The standard InChI is InChI=1S/C24H24N2O3/c1-16-9-10-20-19(15-29-24(20)17(16)2)14-22(27)25-12-5-13-28-21-8-3-6-18-7-4-11-26-23(18)21/h3-4,6-11,15H,5,12-14H2,1-2H3,(H,25,27). The van der Waals surface area contributed by atoms with Gasteiger partial charge in [0.15, 0.2) is 0 Å². The third-order valence-corrected chi connectivity index (χ3v) is 5.19. The number of nitrogens with zero attached hydrogens (tertiary/aromatic N) is 1. The van der Waals surface area contributed by atoms with Gasteiger partial charge in [0.1, 0.15) is 16.8 Å². The van der Waals surface area contributed by atoms with Crippen molar-refractivity contribution in [1.82, 2.24) is 10.3 Å². The molecule has 0 radical (unpaired) electrons. The van der Waals surface area contributed by atoms with Crippen LogP contribution < -0.4 is 10.1 Å². The minimum absolute atomic E-state index is 0.0160. The summed E-state index contributed by atoms with van der Waals surface area (Å²) in [7, 11) is 0. The molecule has 2 heterocycles. The quantitative estimate of drug-likeness (QED) is 0.465. The molecular formula is C24H24N2O3. The van der Waals surface area contributed by atoms with Crippen LogP contribution in [0.2, 0.25) is 0 Å². The number of amides is 1. The van der Waals surface area contributed by atoms with Crippen molar-refractivity contribution in [3.8, 4) is 5.75 Å². The molecule has 0 atom stereocenters. The number of benzene rings is 2. The Kier molecular flexibility index (Phi) is 5.47. The molecule has 29 heavy (non-hydrogen) atoms. The fourth-order valence-corrected chi connectivity index (χ4v) is 3.44. The highest BCUT2D eigenvalue weighted by Crippen LogP contribution is 2.27. The van der Waals surface area contributed by atoms with E-state index in [1.165, 1.54) is 5.56 Å². The number of furan rings is 1. The zero-order valence-electron chi connectivity index (χ0n) is 16.7. The Hall–Kier alpha value is -3.34. The molecular weight excluding hydrogens is 364 g/mol. The minimum Gasteiger partial charge on any atom is -0.491 e. The van der Waals surface area contributed by atoms with Crippen LogP contribution in [0.5, 0.6) is 5.75 Å². The first-order valence-electron chi connectivity index (χ1n) is 9.83. The molecule has 0 spiro atoms. The molecule has 5 nitrogen and oxygen atoms in total. The second-order valence-corrected chi connectivity index (χ2v) is 7.21. The van der Waals surface area contributed by atoms with Crippen molar-refractivity contribution < 1.29 is 13.9 Å². The van der Waals surface area contributed by atoms with Crippen molar-refractivity contribution in [3.63, 3.8) is 0 Å². The molecule has 1 N–H and O–H groups in total. The zero-order chi connectivity index (χ0) is 20.2. The van der Waals surface area contributed by atoms with Crippen LogP contribution in [-0.4, -0.2) is 24.0 Å². The number of aromatic nitrogens is 1. The van der Waals surface area contributed by atoms with Crippen molar-refractivity contribution in [2.45, 2.75) is 26.7 Å². The van der Waals surface area contributed by atoms with Gasteiger partial charge in [-0.3, -0.25) is 9.78 Å². The Bertz CT molecular complexity index is 1160. The zero-order valence-corrected chi connectivity index (χ0v) is 16.7. The SMILES string of the molecule is Cc1ccc2c(CC(=O)NCCCOc3cccc4cccnc34)coc2c1C. The summed E-state index contributed by atoms with van der Waals surface area (Å²) in [5, 5.41) is 5.02. The lowest BCUT2D eigenvalue weighted by molar-refractivity contribution is -0.120. The summed E-state index contributed by atoms with van der Waals surface area (Å²) in [5.41, 5.74) is 4.94. The molecule has 5 heteroatoms. The first-order valence-corrected chi connectivity index (χ1v) is 9.83. The van der Waals surface area contributed by atoms with Gasteiger partial charge in [-0.05, 0) is 43.5 Å². The Morgan fingerprint density at radius 3 is 2.90 bits per heavy atom. The number of fused-ring (bicyclic) bond motifs is 2. The molecule has 2 aromatic carbocycles. The van der Waals surface area contributed by atoms with Gasteiger partial charge < -0.3 is 14.5 Å². The number of aryl methyl sites for hydroxylation is 2. The van der Waals surface area contributed by atoms with Crippen LogP contribution in [0.4, 0.5) is 0 Å². The molecule has 0 unspecified atom stereocenters. The molecule has 4 rings (SSSR count). The lowest BCUT2D eigenvalue weighted by Crippen LogP contribution is -2.27. The predicted molar refractivity (Wildman–Crippen MR) is 114 cm³/mol. The maximum atomic E-state index is 12.3. The van der Waals surface area contributed by atoms with E-state index >= 15 is 0 Å². The van der Waals surface area contributed by atoms with Crippen LogP contribution in [0.3, 0.4) is 0 Å². The third kappa shape index (κ3) is 4.09. The van der Waals surface area contributed by atoms with Crippen LogP contribution in [0, 0.1) is 13.8 Å². The van der Waals surface area contributed by atoms with E-state index in [4.69, 9.17) is 9.15 Å². The van der Waals surface area contributed by atoms with Crippen LogP contribution in [0.1, 0.15) is 23.1 Å². The van der Waals surface area contributed by atoms with Gasteiger partial charge >= 0.3 is 0 Å². The molecule has 0 saturated heterocycles. The van der Waals surface area contributed by atoms with Gasteiger partial charge in [-0.1, -0.05) is 30.3 Å². The summed E-state index contributed by atoms with van der Waals surface area (Å²) in [6.07, 6.45) is 4.48. The molecule has 0 aliphatic heterocycles. The average molecular weight is 388 g/mol. The monoisotopic (exact) mass is 388 g/mol. The van der Waals surface area contributed by atoms with Crippen molar-refractivity contribution in [1.29, 1.82) is 0 Å². The van der Waals surface area contributed by atoms with E-state index in [2.05, 4.69) is 23.3 Å². The van der Waals surface area contributed by atoms with Crippen molar-refractivity contribution in [2.75, 3.05) is 13.2 Å². The summed E-state index contributed by atoms with van der Waals surface area (Å²) < 4.78 is 11.5. The Morgan fingerprint density at radius 2 is 2.00 bits per heavy atom. The first-order chi connectivity index (χ1) is 14.1. The maximum Gasteiger partial charge on any atom is 0.224 e. The molecule has 0 saturated carbocycles. The summed E-state index contributed by atoms with van der Waals surface area (Å²) in [4.78, 5) is 16.7. The first kappa shape index (κ1) is 19.0. The summed E-state index contributed by atoms with van der Waals surface area (Å²) in [6, 6.07) is 13.9. The largest absolute Gasteiger partial charge is 0.491 e. The third-order valence-electron chi connectivity index (χ3n) is 5.19. The molecule has 0 aliphatic carbocycles. The van der Waals surface area contributed by atoms with Gasteiger partial charge in [0.05, 0.1) is 19.3 Å². The van der Waals surface area contributed by atoms with Crippen molar-refractivity contribution >= 4 is 27.8 Å². The van der Waals surface area contributed by atoms with Gasteiger partial charge in [0.2, 0.25) is 5.91 Å². The van der Waals surface area contributed by atoms with Gasteiger partial charge in [-0.25, -0.2) is 0 Å². The lowest BCUT2D eigenvalue weighted by Gasteiger charge is -2.09. The van der Waals surface area contributed by atoms with E-state index in [0.717, 1.165) is 45.2 Å². The van der Waals surface area contributed by atoms with Gasteiger partial charge in [0, 0.05) is 29.1 Å². The van der Waals surface area contributed by atoms with E-state index in [-0.39, 0.29) is 5.91 Å². The van der Waals surface area contributed by atoms with Crippen LogP contribution in [0.15, 0.2) is 59.3 Å². The van der Waals surface area contributed by atoms with Crippen molar-refractivity contribution in [3.05, 3.63) is 71.6 Å². The second-order valence-electron chi connectivity index (χ2n) is 7.21. The second kappa shape index (κ2) is 8.35. The number of hydrogen-bond acceptors (Lipinski definition) is 4. The molecule has 0 fully saturated rings. The molecule has 4 aromatic rings. The van der Waals surface area contributed by atoms with Crippen LogP contribution in [0.25, 0.3) is 21.9 Å². The average Bonchev–Trinajstić information content (AvgIpc) is 3.14. The number of carbonyl (C=O) groups is 1. The van der Waals surface area contributed by atoms with Crippen LogP contribution >= 0.6 is 0 Å². The number of para-hydroxylation sites is 1. The summed E-state index contributed by atoms with van der Waals surface area (Å²) in [6.45, 7) is 5.17. The number of pyridine rings is 1. The molecule has 148 valence electrons. The highest BCUT2D eigenvalue weighted by atomic mass is 16.5. The summed E-state index contributed by atoms with van der Waals surface area (Å²) >= 11 is 0. The van der Waals surface area contributed by atoms with E-state index in [1.54, 1.807) is 12.5 Å². The number of carbonyl (C=O) groups excluding carboxylic acids is 1. The topological polar surface area (TPSA) is 64.4 Å². The fraction of sp³-hybridized carbons (Fsp3) is 0.250. The van der Waals surface area contributed by atoms with Crippen molar-refractivity contribution in [2.24, 2.45) is 0 Å². The molecule has 0 bridgehead atoms. The summed E-state index contributed by atoms with van der Waals surface area (Å²) in [5.74, 6) is 0.753. The number of rotatable bonds is 7. The van der Waals surface area contributed by atoms with Gasteiger partial charge in [-0.15, -0.1) is 0 Å². The number of nitrogens with one attached hydrogen (secondary N) is 1. The Morgan fingerprint density at radius 1 is 1.14 bits per heavy atom. The van der Waals surface area contributed by atoms with E-state index < -0.39 is 0 Å². The smallest absolute Gasteiger partial charge is 0.224 e. The van der Waals surface area contributed by atoms with E-state index in [0.29, 0.717) is 19.6 Å². The van der Waals surface area contributed by atoms with Gasteiger partial charge in [-0.2, -0.15) is 0 Å². The Labute approximate surface area is 169 Å². The highest BCUT2D eigenvalue weighted by molar-refractivity contribution is 5.89. The van der Waals surface area contributed by atoms with Crippen LogP contribution in [-0.2, 0) is 11.2 Å². The van der Waals surface area contributed by atoms with E-state index in [1.807, 2.05) is 43.3 Å². The highest BCUT2D eigenvalue weighted by Gasteiger charge is 2.12. The maximum absolute atomic E-state index is 12.3. The lowest BCUT2D eigenvalue weighted by atomic mass is 10.0. The minimum atomic E-state index is -0.0160. The van der Waals surface area contributed by atoms with E-state index in [9.17, 15) is 4.79 Å². The number of ether oxygens (including phenoxy) is 1.